The number of hydrogen-bond acceptors (Lipinski definition) is 7. The van der Waals surface area contributed by atoms with Gasteiger partial charge in [0.05, 0.1) is 36.0 Å². The third-order valence-electron chi connectivity index (χ3n) is 3.12. The van der Waals surface area contributed by atoms with E-state index < -0.39 is 4.92 Å². The quantitative estimate of drug-likeness (QED) is 0.405. The fraction of sp³-hybridized carbons (Fsp3) is 0.267. The van der Waals surface area contributed by atoms with Crippen molar-refractivity contribution in [2.24, 2.45) is 0 Å². The number of nitrogens with zero attached hydrogens (tertiary/aromatic N) is 1. The monoisotopic (exact) mass is 350 g/mol. The van der Waals surface area contributed by atoms with Crippen LogP contribution in [0.1, 0.15) is 4.88 Å². The summed E-state index contributed by atoms with van der Waals surface area (Å²) in [5, 5.41) is 30.3. The number of nitrogens with one attached hydrogen (secondary N) is 3. The van der Waals surface area contributed by atoms with Crippen LogP contribution in [0.15, 0.2) is 35.7 Å². The molecule has 1 aromatic carbocycles. The first-order chi connectivity index (χ1) is 11.6. The number of rotatable bonds is 9. The third kappa shape index (κ3) is 5.21. The first-order valence-corrected chi connectivity index (χ1v) is 8.14. The van der Waals surface area contributed by atoms with Gasteiger partial charge in [0, 0.05) is 23.6 Å². The van der Waals surface area contributed by atoms with E-state index in [1.807, 2.05) is 17.5 Å². The van der Waals surface area contributed by atoms with Gasteiger partial charge in [0.1, 0.15) is 0 Å². The lowest BCUT2D eigenvalue weighted by molar-refractivity contribution is -0.384. The van der Waals surface area contributed by atoms with Gasteiger partial charge >= 0.3 is 0 Å². The molecule has 0 saturated heterocycles. The highest BCUT2D eigenvalue weighted by atomic mass is 32.1. The maximum Gasteiger partial charge on any atom is 0.271 e. The molecule has 0 spiro atoms. The summed E-state index contributed by atoms with van der Waals surface area (Å²) >= 11 is 1.55. The van der Waals surface area contributed by atoms with Gasteiger partial charge in [-0.3, -0.25) is 14.9 Å². The summed E-state index contributed by atoms with van der Waals surface area (Å²) in [6.07, 6.45) is 0. The number of carbonyl (C=O) groups excluding carboxylic acids is 1. The number of anilines is 2. The summed E-state index contributed by atoms with van der Waals surface area (Å²) in [7, 11) is 0. The molecule has 0 aliphatic carbocycles. The van der Waals surface area contributed by atoms with Crippen molar-refractivity contribution in [2.45, 2.75) is 6.54 Å². The predicted octanol–water partition coefficient (Wildman–Crippen LogP) is 1.79. The highest BCUT2D eigenvalue weighted by Crippen LogP contribution is 2.26. The zero-order chi connectivity index (χ0) is 17.4. The van der Waals surface area contributed by atoms with Crippen LogP contribution in [0.2, 0.25) is 0 Å². The van der Waals surface area contributed by atoms with E-state index in [4.69, 9.17) is 5.11 Å². The number of amides is 1. The van der Waals surface area contributed by atoms with Crippen molar-refractivity contribution in [2.75, 3.05) is 30.3 Å². The topological polar surface area (TPSA) is 117 Å². The molecule has 0 aliphatic rings. The minimum Gasteiger partial charge on any atom is -0.395 e. The fourth-order valence-corrected chi connectivity index (χ4v) is 2.62. The van der Waals surface area contributed by atoms with Crippen molar-refractivity contribution in [3.63, 3.8) is 0 Å². The van der Waals surface area contributed by atoms with Gasteiger partial charge in [-0.1, -0.05) is 6.07 Å². The molecular formula is C15H18N4O4S. The van der Waals surface area contributed by atoms with Crippen molar-refractivity contribution in [1.29, 1.82) is 0 Å². The van der Waals surface area contributed by atoms with E-state index in [2.05, 4.69) is 16.0 Å². The number of thiophene rings is 1. The van der Waals surface area contributed by atoms with Crippen molar-refractivity contribution < 1.29 is 14.8 Å². The SMILES string of the molecule is O=C(CNc1cc([N+](=O)[O-])ccc1NCCO)NCc1cccs1. The summed E-state index contributed by atoms with van der Waals surface area (Å²) in [5.41, 5.74) is 0.940. The Morgan fingerprint density at radius 3 is 2.75 bits per heavy atom. The summed E-state index contributed by atoms with van der Waals surface area (Å²) in [6.45, 7) is 0.665. The number of hydrogen-bond donors (Lipinski definition) is 4. The minimum atomic E-state index is -0.502. The Balaban J connectivity index is 1.96. The van der Waals surface area contributed by atoms with Crippen LogP contribution in [-0.4, -0.2) is 35.6 Å². The number of aliphatic hydroxyl groups is 1. The zero-order valence-corrected chi connectivity index (χ0v) is 13.6. The average molecular weight is 350 g/mol. The lowest BCUT2D eigenvalue weighted by Gasteiger charge is -2.13. The standard InChI is InChI=1S/C15H18N4O4S/c20-6-5-16-13-4-3-11(19(22)23)8-14(13)17-10-15(21)18-9-12-2-1-7-24-12/h1-4,7-8,16-17,20H,5-6,9-10H2,(H,18,21). The fourth-order valence-electron chi connectivity index (χ4n) is 1.97. The van der Waals surface area contributed by atoms with Gasteiger partial charge in [-0.05, 0) is 17.5 Å². The van der Waals surface area contributed by atoms with Crippen LogP contribution in [0.3, 0.4) is 0 Å². The van der Waals surface area contributed by atoms with Crippen molar-refractivity contribution in [1.82, 2.24) is 5.32 Å². The molecule has 0 unspecified atom stereocenters. The summed E-state index contributed by atoms with van der Waals surface area (Å²) in [5.74, 6) is -0.219. The van der Waals surface area contributed by atoms with Crippen molar-refractivity contribution >= 4 is 34.3 Å². The van der Waals surface area contributed by atoms with Crippen LogP contribution in [0, 0.1) is 10.1 Å². The number of benzene rings is 1. The van der Waals surface area contributed by atoms with Gasteiger partial charge in [0.15, 0.2) is 0 Å². The van der Waals surface area contributed by atoms with E-state index in [1.165, 1.54) is 12.1 Å². The molecule has 0 aliphatic heterocycles. The molecule has 1 aromatic heterocycles. The molecule has 0 atom stereocenters. The van der Waals surface area contributed by atoms with Crippen molar-refractivity contribution in [3.8, 4) is 0 Å². The number of nitro groups is 1. The van der Waals surface area contributed by atoms with Gasteiger partial charge in [0.2, 0.25) is 5.91 Å². The Kier molecular flexibility index (Phi) is 6.52. The summed E-state index contributed by atoms with van der Waals surface area (Å²) in [4.78, 5) is 23.3. The van der Waals surface area contributed by atoms with Gasteiger partial charge in [-0.25, -0.2) is 0 Å². The van der Waals surface area contributed by atoms with Crippen LogP contribution in [0.25, 0.3) is 0 Å². The Morgan fingerprint density at radius 1 is 1.25 bits per heavy atom. The van der Waals surface area contributed by atoms with E-state index in [1.54, 1.807) is 17.4 Å². The second kappa shape index (κ2) is 8.85. The van der Waals surface area contributed by atoms with Gasteiger partial charge in [-0.15, -0.1) is 11.3 Å². The second-order valence-corrected chi connectivity index (χ2v) is 5.88. The number of aliphatic hydroxyl groups excluding tert-OH is 1. The molecule has 0 saturated carbocycles. The summed E-state index contributed by atoms with van der Waals surface area (Å²) in [6, 6.07) is 8.09. The Morgan fingerprint density at radius 2 is 2.08 bits per heavy atom. The molecule has 128 valence electrons. The van der Waals surface area contributed by atoms with E-state index in [-0.39, 0.29) is 24.7 Å². The van der Waals surface area contributed by atoms with Crippen molar-refractivity contribution in [3.05, 3.63) is 50.7 Å². The maximum absolute atomic E-state index is 11.9. The molecule has 1 amide bonds. The lowest BCUT2D eigenvalue weighted by atomic mass is 10.2. The Labute approximate surface area is 142 Å². The second-order valence-electron chi connectivity index (χ2n) is 4.85. The average Bonchev–Trinajstić information content (AvgIpc) is 3.10. The third-order valence-corrected chi connectivity index (χ3v) is 4.00. The van der Waals surface area contributed by atoms with Crippen LogP contribution in [-0.2, 0) is 11.3 Å². The minimum absolute atomic E-state index is 0.0135. The lowest BCUT2D eigenvalue weighted by Crippen LogP contribution is -2.29. The molecule has 2 aromatic rings. The number of non-ortho nitro benzene ring substituents is 1. The molecule has 0 fully saturated rings. The van der Waals surface area contributed by atoms with E-state index >= 15 is 0 Å². The molecule has 1 heterocycles. The van der Waals surface area contributed by atoms with Crippen LogP contribution in [0.5, 0.6) is 0 Å². The highest BCUT2D eigenvalue weighted by Gasteiger charge is 2.11. The van der Waals surface area contributed by atoms with Gasteiger partial charge < -0.3 is 21.1 Å². The molecular weight excluding hydrogens is 332 g/mol. The number of nitro benzene ring substituents is 1. The normalized spacial score (nSPS) is 10.2. The smallest absolute Gasteiger partial charge is 0.271 e. The molecule has 0 bridgehead atoms. The van der Waals surface area contributed by atoms with E-state index in [0.717, 1.165) is 4.88 Å². The molecule has 0 radical (unpaired) electrons. The van der Waals surface area contributed by atoms with Crippen LogP contribution >= 0.6 is 11.3 Å². The largest absolute Gasteiger partial charge is 0.395 e. The van der Waals surface area contributed by atoms with Crippen LogP contribution < -0.4 is 16.0 Å². The molecule has 9 heteroatoms. The van der Waals surface area contributed by atoms with Crippen LogP contribution in [0.4, 0.5) is 17.1 Å². The molecule has 8 nitrogen and oxygen atoms in total. The Hall–Kier alpha value is -2.65. The van der Waals surface area contributed by atoms with Gasteiger partial charge in [-0.2, -0.15) is 0 Å². The maximum atomic E-state index is 11.9. The first-order valence-electron chi connectivity index (χ1n) is 7.26. The zero-order valence-electron chi connectivity index (χ0n) is 12.8. The van der Waals surface area contributed by atoms with E-state index in [0.29, 0.717) is 24.5 Å². The van der Waals surface area contributed by atoms with Gasteiger partial charge in [0.25, 0.3) is 5.69 Å². The first kappa shape index (κ1) is 17.7. The van der Waals surface area contributed by atoms with E-state index in [9.17, 15) is 14.9 Å². The Bertz CT molecular complexity index is 691. The number of carbonyl (C=O) groups is 1. The summed E-state index contributed by atoms with van der Waals surface area (Å²) < 4.78 is 0. The highest BCUT2D eigenvalue weighted by molar-refractivity contribution is 7.09. The predicted molar refractivity (Wildman–Crippen MR) is 93.3 cm³/mol. The molecule has 24 heavy (non-hydrogen) atoms. The molecule has 4 N–H and O–H groups in total. The molecule has 2 rings (SSSR count).